The summed E-state index contributed by atoms with van der Waals surface area (Å²) in [4.78, 5) is 0. The van der Waals surface area contributed by atoms with Crippen LogP contribution in [0.1, 0.15) is 32.6 Å². The molecule has 0 amide bonds. The van der Waals surface area contributed by atoms with Crippen molar-refractivity contribution in [2.75, 3.05) is 0 Å². The largest absolute Gasteiger partial charge is 0.393 e. The van der Waals surface area contributed by atoms with Gasteiger partial charge >= 0.3 is 0 Å². The molecule has 0 aliphatic heterocycles. The topological polar surface area (TPSA) is 20.2 Å². The van der Waals surface area contributed by atoms with Crippen molar-refractivity contribution in [3.05, 3.63) is 11.1 Å². The minimum Gasteiger partial charge on any atom is -0.393 e. The second kappa shape index (κ2) is 5.93. The summed E-state index contributed by atoms with van der Waals surface area (Å²) in [7, 11) is 0. The van der Waals surface area contributed by atoms with Crippen LogP contribution in [-0.4, -0.2) is 11.2 Å². The Kier molecular flexibility index (Phi) is 6.03. The lowest BCUT2D eigenvalue weighted by molar-refractivity contribution is 0.164. The van der Waals surface area contributed by atoms with Crippen LogP contribution in [0.25, 0.3) is 0 Å². The molecule has 0 aromatic carbocycles. The van der Waals surface area contributed by atoms with E-state index in [4.69, 9.17) is 0 Å². The summed E-state index contributed by atoms with van der Waals surface area (Å²) in [5, 5.41) is 9.26. The Morgan fingerprint density at radius 3 is 2.70 bits per heavy atom. The molecule has 10 heavy (non-hydrogen) atoms. The first-order valence-corrected chi connectivity index (χ1v) is 4.47. The molecule has 0 aliphatic rings. The SMILES string of the molecule is C=C(Br)C[C@H](O)CCCC. The fourth-order valence-electron chi connectivity index (χ4n) is 0.797. The van der Waals surface area contributed by atoms with Gasteiger partial charge in [0.2, 0.25) is 0 Å². The molecule has 0 saturated heterocycles. The third-order valence-corrected chi connectivity index (χ3v) is 1.67. The molecule has 0 bridgehead atoms. The Hall–Kier alpha value is 0.180. The van der Waals surface area contributed by atoms with Crippen LogP contribution in [0.3, 0.4) is 0 Å². The minimum absolute atomic E-state index is 0.202. The number of halogens is 1. The molecule has 0 rings (SSSR count). The van der Waals surface area contributed by atoms with E-state index in [1.54, 1.807) is 0 Å². The smallest absolute Gasteiger partial charge is 0.0585 e. The first kappa shape index (κ1) is 10.2. The van der Waals surface area contributed by atoms with Crippen molar-refractivity contribution in [3.8, 4) is 0 Å². The quantitative estimate of drug-likeness (QED) is 0.734. The summed E-state index contributed by atoms with van der Waals surface area (Å²) in [5.41, 5.74) is 0. The van der Waals surface area contributed by atoms with Crippen LogP contribution in [0.4, 0.5) is 0 Å². The monoisotopic (exact) mass is 206 g/mol. The molecule has 0 saturated carbocycles. The number of hydrogen-bond donors (Lipinski definition) is 1. The second-order valence-corrected chi connectivity index (χ2v) is 3.64. The molecule has 0 spiro atoms. The number of rotatable bonds is 5. The van der Waals surface area contributed by atoms with Crippen LogP contribution in [-0.2, 0) is 0 Å². The van der Waals surface area contributed by atoms with E-state index in [9.17, 15) is 5.11 Å². The van der Waals surface area contributed by atoms with E-state index in [0.29, 0.717) is 6.42 Å². The predicted octanol–water partition coefficient (Wildman–Crippen LogP) is 2.84. The highest BCUT2D eigenvalue weighted by atomic mass is 79.9. The zero-order valence-electron chi connectivity index (χ0n) is 6.44. The molecule has 2 heteroatoms. The van der Waals surface area contributed by atoms with E-state index in [1.165, 1.54) is 0 Å². The molecule has 0 radical (unpaired) electrons. The Labute approximate surface area is 71.3 Å². The Bertz CT molecular complexity index is 101. The van der Waals surface area contributed by atoms with E-state index < -0.39 is 0 Å². The summed E-state index contributed by atoms with van der Waals surface area (Å²) in [5.74, 6) is 0. The molecule has 60 valence electrons. The maximum absolute atomic E-state index is 9.26. The van der Waals surface area contributed by atoms with Crippen molar-refractivity contribution < 1.29 is 5.11 Å². The summed E-state index contributed by atoms with van der Waals surface area (Å²) < 4.78 is 0.885. The molecule has 0 aromatic rings. The van der Waals surface area contributed by atoms with Gasteiger partial charge in [0.05, 0.1) is 6.10 Å². The number of aliphatic hydroxyl groups is 1. The normalized spacial score (nSPS) is 13.1. The van der Waals surface area contributed by atoms with Gasteiger partial charge in [-0.05, 0) is 10.9 Å². The van der Waals surface area contributed by atoms with Gasteiger partial charge in [0, 0.05) is 6.42 Å². The van der Waals surface area contributed by atoms with Crippen molar-refractivity contribution in [2.45, 2.75) is 38.7 Å². The van der Waals surface area contributed by atoms with Gasteiger partial charge in [-0.15, -0.1) is 0 Å². The van der Waals surface area contributed by atoms with Crippen molar-refractivity contribution in [3.63, 3.8) is 0 Å². The van der Waals surface area contributed by atoms with E-state index in [-0.39, 0.29) is 6.10 Å². The maximum atomic E-state index is 9.26. The first-order chi connectivity index (χ1) is 4.66. The highest BCUT2D eigenvalue weighted by Crippen LogP contribution is 2.13. The molecule has 1 N–H and O–H groups in total. The van der Waals surface area contributed by atoms with E-state index >= 15 is 0 Å². The highest BCUT2D eigenvalue weighted by molar-refractivity contribution is 9.11. The lowest BCUT2D eigenvalue weighted by Crippen LogP contribution is -2.04. The van der Waals surface area contributed by atoms with Crippen molar-refractivity contribution >= 4 is 15.9 Å². The van der Waals surface area contributed by atoms with E-state index in [1.807, 2.05) is 0 Å². The standard InChI is InChI=1S/C8H15BrO/c1-3-4-5-8(10)6-7(2)9/h8,10H,2-6H2,1H3/t8-/m1/s1. The average molecular weight is 207 g/mol. The first-order valence-electron chi connectivity index (χ1n) is 3.68. The summed E-state index contributed by atoms with van der Waals surface area (Å²) in [6.45, 7) is 5.78. The lowest BCUT2D eigenvalue weighted by atomic mass is 10.1. The van der Waals surface area contributed by atoms with Crippen LogP contribution in [0.15, 0.2) is 11.1 Å². The molecule has 0 fully saturated rings. The molecule has 1 nitrogen and oxygen atoms in total. The molecular formula is C8H15BrO. The third-order valence-electron chi connectivity index (χ3n) is 1.35. The summed E-state index contributed by atoms with van der Waals surface area (Å²) in [6.07, 6.45) is 3.61. The number of hydrogen-bond acceptors (Lipinski definition) is 1. The second-order valence-electron chi connectivity index (χ2n) is 2.52. The Morgan fingerprint density at radius 2 is 2.30 bits per heavy atom. The van der Waals surface area contributed by atoms with Crippen LogP contribution < -0.4 is 0 Å². The van der Waals surface area contributed by atoms with Crippen LogP contribution >= 0.6 is 15.9 Å². The summed E-state index contributed by atoms with van der Waals surface area (Å²) in [6, 6.07) is 0. The molecule has 1 atom stereocenters. The maximum Gasteiger partial charge on any atom is 0.0585 e. The summed E-state index contributed by atoms with van der Waals surface area (Å²) >= 11 is 3.21. The van der Waals surface area contributed by atoms with E-state index in [0.717, 1.165) is 23.7 Å². The zero-order chi connectivity index (χ0) is 7.98. The Morgan fingerprint density at radius 1 is 1.70 bits per heavy atom. The lowest BCUT2D eigenvalue weighted by Gasteiger charge is -2.07. The van der Waals surface area contributed by atoms with Crippen LogP contribution in [0.5, 0.6) is 0 Å². The van der Waals surface area contributed by atoms with Gasteiger partial charge in [-0.2, -0.15) is 0 Å². The Balaban J connectivity index is 3.25. The van der Waals surface area contributed by atoms with Gasteiger partial charge in [-0.3, -0.25) is 0 Å². The highest BCUT2D eigenvalue weighted by Gasteiger charge is 2.02. The predicted molar refractivity (Wildman–Crippen MR) is 48.2 cm³/mol. The van der Waals surface area contributed by atoms with Crippen molar-refractivity contribution in [1.29, 1.82) is 0 Å². The molecular weight excluding hydrogens is 192 g/mol. The zero-order valence-corrected chi connectivity index (χ0v) is 8.02. The fourth-order valence-corrected chi connectivity index (χ4v) is 1.17. The third kappa shape index (κ3) is 6.30. The van der Waals surface area contributed by atoms with Gasteiger partial charge in [0.1, 0.15) is 0 Å². The van der Waals surface area contributed by atoms with Gasteiger partial charge in [-0.1, -0.05) is 42.3 Å². The fraction of sp³-hybridized carbons (Fsp3) is 0.750. The molecule has 0 aromatic heterocycles. The van der Waals surface area contributed by atoms with Crippen molar-refractivity contribution in [1.82, 2.24) is 0 Å². The van der Waals surface area contributed by atoms with Gasteiger partial charge in [0.15, 0.2) is 0 Å². The number of unbranched alkanes of at least 4 members (excludes halogenated alkanes) is 1. The minimum atomic E-state index is -0.202. The van der Waals surface area contributed by atoms with Gasteiger partial charge in [0.25, 0.3) is 0 Å². The van der Waals surface area contributed by atoms with E-state index in [2.05, 4.69) is 29.4 Å². The van der Waals surface area contributed by atoms with Gasteiger partial charge < -0.3 is 5.11 Å². The molecule has 0 aliphatic carbocycles. The van der Waals surface area contributed by atoms with Crippen molar-refractivity contribution in [2.24, 2.45) is 0 Å². The van der Waals surface area contributed by atoms with Crippen LogP contribution in [0, 0.1) is 0 Å². The molecule has 0 heterocycles. The average Bonchev–Trinajstić information content (AvgIpc) is 1.82. The van der Waals surface area contributed by atoms with Gasteiger partial charge in [-0.25, -0.2) is 0 Å². The number of aliphatic hydroxyl groups excluding tert-OH is 1. The molecule has 0 unspecified atom stereocenters. The van der Waals surface area contributed by atoms with Crippen LogP contribution in [0.2, 0.25) is 0 Å².